The maximum atomic E-state index is 6.03. The molecular weight excluding hydrogens is 263 g/mol. The lowest BCUT2D eigenvalue weighted by Crippen LogP contribution is -2.42. The van der Waals surface area contributed by atoms with Crippen LogP contribution in [0.5, 0.6) is 0 Å². The SMILES string of the molecule is ClC1=c2ncn(CC3CCOC3)c2=NC(Cl)N1. The van der Waals surface area contributed by atoms with E-state index in [1.54, 1.807) is 6.33 Å². The first-order valence-electron chi connectivity index (χ1n) is 5.51. The van der Waals surface area contributed by atoms with Crippen molar-refractivity contribution in [1.82, 2.24) is 14.9 Å². The summed E-state index contributed by atoms with van der Waals surface area (Å²) in [7, 11) is 0. The average molecular weight is 275 g/mol. The van der Waals surface area contributed by atoms with Crippen molar-refractivity contribution in [3.63, 3.8) is 0 Å². The third kappa shape index (κ3) is 2.14. The lowest BCUT2D eigenvalue weighted by atomic mass is 10.1. The summed E-state index contributed by atoms with van der Waals surface area (Å²) in [6.45, 7) is 2.48. The molecule has 0 aliphatic carbocycles. The van der Waals surface area contributed by atoms with Crippen LogP contribution in [-0.2, 0) is 11.3 Å². The highest BCUT2D eigenvalue weighted by molar-refractivity contribution is 6.45. The van der Waals surface area contributed by atoms with Crippen LogP contribution < -0.4 is 16.2 Å². The quantitative estimate of drug-likeness (QED) is 0.609. The number of nitrogens with zero attached hydrogens (tertiary/aromatic N) is 3. The van der Waals surface area contributed by atoms with E-state index in [-0.39, 0.29) is 0 Å². The van der Waals surface area contributed by atoms with Crippen LogP contribution in [0.2, 0.25) is 0 Å². The highest BCUT2D eigenvalue weighted by Gasteiger charge is 2.19. The molecule has 0 aromatic carbocycles. The Morgan fingerprint density at radius 1 is 1.59 bits per heavy atom. The van der Waals surface area contributed by atoms with E-state index in [0.717, 1.165) is 31.7 Å². The molecular formula is C10H12Cl2N4O. The second-order valence-corrected chi connectivity index (χ2v) is 5.01. The molecule has 2 aliphatic rings. The van der Waals surface area contributed by atoms with Gasteiger partial charge in [0.05, 0.1) is 12.9 Å². The van der Waals surface area contributed by atoms with E-state index in [1.165, 1.54) is 0 Å². The van der Waals surface area contributed by atoms with E-state index in [2.05, 4.69) is 15.3 Å². The second-order valence-electron chi connectivity index (χ2n) is 4.22. The van der Waals surface area contributed by atoms with E-state index >= 15 is 0 Å². The van der Waals surface area contributed by atoms with Crippen LogP contribution in [0.25, 0.3) is 5.16 Å². The van der Waals surface area contributed by atoms with Gasteiger partial charge in [0.2, 0.25) is 0 Å². The number of hydrogen-bond acceptors (Lipinski definition) is 4. The molecule has 2 aliphatic heterocycles. The lowest BCUT2D eigenvalue weighted by Gasteiger charge is -2.12. The Hall–Kier alpha value is -0.780. The summed E-state index contributed by atoms with van der Waals surface area (Å²) in [6, 6.07) is 0. The predicted molar refractivity (Wildman–Crippen MR) is 64.0 cm³/mol. The average Bonchev–Trinajstić information content (AvgIpc) is 2.89. The summed E-state index contributed by atoms with van der Waals surface area (Å²) in [5, 5.41) is 3.95. The first-order chi connectivity index (χ1) is 8.24. The first-order valence-corrected chi connectivity index (χ1v) is 6.32. The highest BCUT2D eigenvalue weighted by Crippen LogP contribution is 2.13. The van der Waals surface area contributed by atoms with Gasteiger partial charge in [-0.25, -0.2) is 9.98 Å². The lowest BCUT2D eigenvalue weighted by molar-refractivity contribution is 0.182. The minimum atomic E-state index is -0.523. The van der Waals surface area contributed by atoms with Gasteiger partial charge < -0.3 is 14.6 Å². The molecule has 17 heavy (non-hydrogen) atoms. The molecule has 5 nitrogen and oxygen atoms in total. The van der Waals surface area contributed by atoms with Crippen molar-refractivity contribution in [2.24, 2.45) is 10.9 Å². The summed E-state index contributed by atoms with van der Waals surface area (Å²) in [6.07, 6.45) is 2.83. The van der Waals surface area contributed by atoms with Gasteiger partial charge in [0, 0.05) is 19.1 Å². The van der Waals surface area contributed by atoms with Crippen LogP contribution >= 0.6 is 23.2 Å². The smallest absolute Gasteiger partial charge is 0.198 e. The van der Waals surface area contributed by atoms with Gasteiger partial charge >= 0.3 is 0 Å². The summed E-state index contributed by atoms with van der Waals surface area (Å²) in [5.74, 6) is 0.519. The Balaban J connectivity index is 1.97. The molecule has 3 heterocycles. The number of rotatable bonds is 2. The number of imidazole rings is 1. The maximum absolute atomic E-state index is 6.03. The number of fused-ring (bicyclic) bond motifs is 1. The molecule has 2 unspecified atom stereocenters. The highest BCUT2D eigenvalue weighted by atomic mass is 35.5. The monoisotopic (exact) mass is 274 g/mol. The molecule has 0 amide bonds. The number of hydrogen-bond donors (Lipinski definition) is 1. The van der Waals surface area contributed by atoms with Crippen LogP contribution in [0.1, 0.15) is 6.42 Å². The van der Waals surface area contributed by atoms with Crippen LogP contribution in [0, 0.1) is 5.92 Å². The summed E-state index contributed by atoms with van der Waals surface area (Å²) < 4.78 is 7.35. The number of halogens is 2. The van der Waals surface area contributed by atoms with Crippen molar-refractivity contribution >= 4 is 28.4 Å². The first kappa shape index (κ1) is 11.3. The molecule has 0 radical (unpaired) electrons. The largest absolute Gasteiger partial charge is 0.381 e. The molecule has 3 rings (SSSR count). The van der Waals surface area contributed by atoms with Gasteiger partial charge in [0.1, 0.15) is 10.5 Å². The van der Waals surface area contributed by atoms with Gasteiger partial charge in [-0.15, -0.1) is 0 Å². The van der Waals surface area contributed by atoms with Gasteiger partial charge in [0.15, 0.2) is 11.1 Å². The van der Waals surface area contributed by atoms with Crippen molar-refractivity contribution in [2.45, 2.75) is 18.6 Å². The minimum Gasteiger partial charge on any atom is -0.381 e. The minimum absolute atomic E-state index is 0.455. The van der Waals surface area contributed by atoms with Gasteiger partial charge in [-0.2, -0.15) is 0 Å². The van der Waals surface area contributed by atoms with Crippen LogP contribution in [0.15, 0.2) is 11.3 Å². The van der Waals surface area contributed by atoms with E-state index in [1.807, 2.05) is 4.57 Å². The maximum Gasteiger partial charge on any atom is 0.198 e. The van der Waals surface area contributed by atoms with Gasteiger partial charge in [-0.3, -0.25) is 0 Å². The molecule has 1 fully saturated rings. The third-order valence-electron chi connectivity index (χ3n) is 2.98. The Morgan fingerprint density at radius 2 is 2.47 bits per heavy atom. The fraction of sp³-hybridized carbons (Fsp3) is 0.600. The molecule has 0 bridgehead atoms. The van der Waals surface area contributed by atoms with Crippen LogP contribution in [0.3, 0.4) is 0 Å². The summed E-state index contributed by atoms with van der Waals surface area (Å²) in [5.41, 5.74) is 0.228. The molecule has 1 aromatic rings. The number of alkyl halides is 1. The fourth-order valence-electron chi connectivity index (χ4n) is 2.12. The Bertz CT molecular complexity index is 535. The van der Waals surface area contributed by atoms with Gasteiger partial charge in [-0.1, -0.05) is 23.2 Å². The molecule has 7 heteroatoms. The Kier molecular flexibility index (Phi) is 2.98. The topological polar surface area (TPSA) is 51.4 Å². The molecule has 1 saturated heterocycles. The Morgan fingerprint density at radius 3 is 3.24 bits per heavy atom. The van der Waals surface area contributed by atoms with Crippen molar-refractivity contribution in [1.29, 1.82) is 0 Å². The zero-order valence-corrected chi connectivity index (χ0v) is 10.6. The van der Waals surface area contributed by atoms with Crippen molar-refractivity contribution < 1.29 is 4.74 Å². The van der Waals surface area contributed by atoms with Gasteiger partial charge in [0.25, 0.3) is 0 Å². The fourth-order valence-corrected chi connectivity index (χ4v) is 2.61. The molecule has 0 saturated carbocycles. The number of aromatic nitrogens is 2. The standard InChI is InChI=1S/C10H12Cl2N4O/c11-8-7-9(15-10(12)14-8)16(5-13-7)3-6-1-2-17-4-6/h5-6,10,14H,1-4H2. The van der Waals surface area contributed by atoms with E-state index in [0.29, 0.717) is 16.4 Å². The second kappa shape index (κ2) is 4.48. The zero-order valence-electron chi connectivity index (χ0n) is 9.07. The molecule has 2 atom stereocenters. The Labute approximate surface area is 108 Å². The van der Waals surface area contributed by atoms with E-state index in [9.17, 15) is 0 Å². The molecule has 1 aromatic heterocycles. The molecule has 92 valence electrons. The summed E-state index contributed by atoms with van der Waals surface area (Å²) >= 11 is 12.0. The van der Waals surface area contributed by atoms with E-state index < -0.39 is 5.62 Å². The van der Waals surface area contributed by atoms with Crippen molar-refractivity contribution in [3.8, 4) is 0 Å². The number of ether oxygens (including phenoxy) is 1. The third-order valence-corrected chi connectivity index (χ3v) is 3.47. The summed E-state index contributed by atoms with van der Waals surface area (Å²) in [4.78, 5) is 8.56. The molecule has 0 spiro atoms. The molecule has 1 N–H and O–H groups in total. The van der Waals surface area contributed by atoms with Crippen molar-refractivity contribution in [2.75, 3.05) is 13.2 Å². The van der Waals surface area contributed by atoms with Crippen LogP contribution in [0.4, 0.5) is 0 Å². The predicted octanol–water partition coefficient (Wildman–Crippen LogP) is -0.0307. The normalized spacial score (nSPS) is 27.5. The number of nitrogens with one attached hydrogen (secondary N) is 1. The van der Waals surface area contributed by atoms with Crippen LogP contribution in [-0.4, -0.2) is 28.4 Å². The zero-order chi connectivity index (χ0) is 11.8. The van der Waals surface area contributed by atoms with Crippen molar-refractivity contribution in [3.05, 3.63) is 17.2 Å². The van der Waals surface area contributed by atoms with E-state index in [4.69, 9.17) is 27.9 Å². The van der Waals surface area contributed by atoms with Gasteiger partial charge in [-0.05, 0) is 6.42 Å².